The average Bonchev–Trinajstić information content (AvgIpc) is 2.47. The highest BCUT2D eigenvalue weighted by Crippen LogP contribution is 2.53. The summed E-state index contributed by atoms with van der Waals surface area (Å²) in [5.41, 5.74) is 0.278. The molecule has 1 spiro atoms. The van der Waals surface area contributed by atoms with Crippen molar-refractivity contribution >= 4 is 0 Å². The summed E-state index contributed by atoms with van der Waals surface area (Å²) in [6.07, 6.45) is 7.71. The van der Waals surface area contributed by atoms with Crippen LogP contribution in [-0.4, -0.2) is 18.7 Å². The Bertz CT molecular complexity index is 456. The maximum atomic E-state index is 13.3. The molecule has 2 fully saturated rings. The predicted molar refractivity (Wildman–Crippen MR) is 78.4 cm³/mol. The highest BCUT2D eigenvalue weighted by Gasteiger charge is 2.56. The minimum absolute atomic E-state index is 0.220. The van der Waals surface area contributed by atoms with Crippen LogP contribution >= 0.6 is 0 Å². The molecule has 2 aliphatic carbocycles. The molecule has 20 heavy (non-hydrogen) atoms. The fourth-order valence-electron chi connectivity index (χ4n) is 4.03. The first-order chi connectivity index (χ1) is 9.74. The van der Waals surface area contributed by atoms with Crippen molar-refractivity contribution < 1.29 is 9.13 Å². The molecule has 2 unspecified atom stereocenters. The molecular weight excluding hydrogens is 253 g/mol. The van der Waals surface area contributed by atoms with Gasteiger partial charge in [-0.05, 0) is 31.5 Å². The number of hydrogen-bond donors (Lipinski definition) is 1. The Kier molecular flexibility index (Phi) is 3.97. The second kappa shape index (κ2) is 5.72. The van der Waals surface area contributed by atoms with Gasteiger partial charge >= 0.3 is 0 Å². The molecule has 3 rings (SSSR count). The molecule has 2 nitrogen and oxygen atoms in total. The van der Waals surface area contributed by atoms with Gasteiger partial charge in [0.25, 0.3) is 0 Å². The monoisotopic (exact) mass is 277 g/mol. The van der Waals surface area contributed by atoms with E-state index in [2.05, 4.69) is 12.2 Å². The third kappa shape index (κ3) is 2.44. The van der Waals surface area contributed by atoms with Crippen LogP contribution in [0.1, 0.15) is 45.4 Å². The van der Waals surface area contributed by atoms with E-state index in [4.69, 9.17) is 4.74 Å². The van der Waals surface area contributed by atoms with Crippen LogP contribution in [0.3, 0.4) is 0 Å². The van der Waals surface area contributed by atoms with Crippen LogP contribution in [0.15, 0.2) is 24.3 Å². The van der Waals surface area contributed by atoms with Crippen molar-refractivity contribution in [2.45, 2.75) is 57.6 Å². The maximum absolute atomic E-state index is 13.3. The van der Waals surface area contributed by atoms with Crippen molar-refractivity contribution in [3.05, 3.63) is 30.1 Å². The third-order valence-electron chi connectivity index (χ3n) is 5.09. The zero-order chi connectivity index (χ0) is 14.0. The van der Waals surface area contributed by atoms with E-state index in [9.17, 15) is 4.39 Å². The van der Waals surface area contributed by atoms with Gasteiger partial charge in [-0.25, -0.2) is 4.39 Å². The lowest BCUT2D eigenvalue weighted by Gasteiger charge is -2.57. The molecule has 1 aromatic rings. The first-order valence-corrected chi connectivity index (χ1v) is 7.90. The van der Waals surface area contributed by atoms with Crippen LogP contribution in [0.5, 0.6) is 5.75 Å². The number of halogens is 1. The SMILES string of the molecule is CCNC1CC(Oc2cccc(F)c2)C12CCCCC2. The van der Waals surface area contributed by atoms with Crippen LogP contribution in [0, 0.1) is 11.2 Å². The lowest BCUT2D eigenvalue weighted by molar-refractivity contribution is -0.102. The number of hydrogen-bond acceptors (Lipinski definition) is 2. The molecule has 2 saturated carbocycles. The van der Waals surface area contributed by atoms with E-state index >= 15 is 0 Å². The molecular formula is C17H24FNO. The minimum Gasteiger partial charge on any atom is -0.490 e. The van der Waals surface area contributed by atoms with Crippen molar-refractivity contribution in [3.63, 3.8) is 0 Å². The Labute approximate surface area is 120 Å². The summed E-state index contributed by atoms with van der Waals surface area (Å²) in [5.74, 6) is 0.456. The third-order valence-corrected chi connectivity index (χ3v) is 5.09. The van der Waals surface area contributed by atoms with Crippen molar-refractivity contribution in [2.75, 3.05) is 6.54 Å². The van der Waals surface area contributed by atoms with Gasteiger partial charge in [0.2, 0.25) is 0 Å². The molecule has 2 atom stereocenters. The largest absolute Gasteiger partial charge is 0.490 e. The first-order valence-electron chi connectivity index (χ1n) is 7.90. The number of nitrogens with one attached hydrogen (secondary N) is 1. The molecule has 0 saturated heterocycles. The van der Waals surface area contributed by atoms with Crippen LogP contribution < -0.4 is 10.1 Å². The molecule has 0 heterocycles. The van der Waals surface area contributed by atoms with Gasteiger partial charge in [-0.3, -0.25) is 0 Å². The number of benzene rings is 1. The molecule has 0 aromatic heterocycles. The second-order valence-corrected chi connectivity index (χ2v) is 6.20. The van der Waals surface area contributed by atoms with Crippen LogP contribution in [0.25, 0.3) is 0 Å². The fraction of sp³-hybridized carbons (Fsp3) is 0.647. The van der Waals surface area contributed by atoms with E-state index in [1.807, 2.05) is 6.07 Å². The van der Waals surface area contributed by atoms with Gasteiger partial charge in [0.15, 0.2) is 0 Å². The summed E-state index contributed by atoms with van der Waals surface area (Å²) in [6.45, 7) is 3.18. The van der Waals surface area contributed by atoms with E-state index in [-0.39, 0.29) is 17.3 Å². The molecule has 110 valence electrons. The first kappa shape index (κ1) is 13.9. The van der Waals surface area contributed by atoms with Gasteiger partial charge in [0.1, 0.15) is 17.7 Å². The van der Waals surface area contributed by atoms with E-state index in [0.717, 1.165) is 13.0 Å². The molecule has 1 aromatic carbocycles. The Balaban J connectivity index is 1.73. The smallest absolute Gasteiger partial charge is 0.126 e. The van der Waals surface area contributed by atoms with Gasteiger partial charge in [-0.2, -0.15) is 0 Å². The van der Waals surface area contributed by atoms with E-state index in [0.29, 0.717) is 11.8 Å². The van der Waals surface area contributed by atoms with Crippen LogP contribution in [0.2, 0.25) is 0 Å². The molecule has 0 radical (unpaired) electrons. The lowest BCUT2D eigenvalue weighted by atomic mass is 9.55. The minimum atomic E-state index is -0.220. The summed E-state index contributed by atoms with van der Waals surface area (Å²) >= 11 is 0. The summed E-state index contributed by atoms with van der Waals surface area (Å²) in [7, 11) is 0. The average molecular weight is 277 g/mol. The Morgan fingerprint density at radius 3 is 2.80 bits per heavy atom. The second-order valence-electron chi connectivity index (χ2n) is 6.20. The summed E-state index contributed by atoms with van der Waals surface area (Å²) in [5, 5.41) is 3.62. The van der Waals surface area contributed by atoms with Crippen molar-refractivity contribution in [1.29, 1.82) is 0 Å². The standard InChI is InChI=1S/C17H24FNO/c1-2-19-15-12-16(17(15)9-4-3-5-10-17)20-14-8-6-7-13(18)11-14/h6-8,11,15-16,19H,2-5,9-10,12H2,1H3. The summed E-state index contributed by atoms with van der Waals surface area (Å²) in [6, 6.07) is 7.12. The van der Waals surface area contributed by atoms with Crippen molar-refractivity contribution in [1.82, 2.24) is 5.32 Å². The molecule has 1 N–H and O–H groups in total. The predicted octanol–water partition coefficient (Wildman–Crippen LogP) is 3.91. The van der Waals surface area contributed by atoms with Crippen LogP contribution in [0.4, 0.5) is 4.39 Å². The van der Waals surface area contributed by atoms with E-state index in [1.54, 1.807) is 6.07 Å². The highest BCUT2D eigenvalue weighted by atomic mass is 19.1. The zero-order valence-corrected chi connectivity index (χ0v) is 12.2. The van der Waals surface area contributed by atoms with Crippen molar-refractivity contribution in [3.8, 4) is 5.75 Å². The normalized spacial score (nSPS) is 28.1. The Morgan fingerprint density at radius 2 is 2.10 bits per heavy atom. The molecule has 0 aliphatic heterocycles. The van der Waals surface area contributed by atoms with Gasteiger partial charge in [-0.15, -0.1) is 0 Å². The Hall–Kier alpha value is -1.09. The van der Waals surface area contributed by atoms with Gasteiger partial charge in [0.05, 0.1) is 0 Å². The summed E-state index contributed by atoms with van der Waals surface area (Å²) < 4.78 is 19.4. The molecule has 3 heteroatoms. The van der Waals surface area contributed by atoms with Gasteiger partial charge in [0, 0.05) is 23.9 Å². The number of rotatable bonds is 4. The quantitative estimate of drug-likeness (QED) is 0.901. The Morgan fingerprint density at radius 1 is 1.30 bits per heavy atom. The molecule has 2 aliphatic rings. The topological polar surface area (TPSA) is 21.3 Å². The summed E-state index contributed by atoms with van der Waals surface area (Å²) in [4.78, 5) is 0. The van der Waals surface area contributed by atoms with E-state index < -0.39 is 0 Å². The van der Waals surface area contributed by atoms with Crippen LogP contribution in [-0.2, 0) is 0 Å². The molecule has 0 amide bonds. The lowest BCUT2D eigenvalue weighted by Crippen LogP contribution is -2.65. The van der Waals surface area contributed by atoms with E-state index in [1.165, 1.54) is 44.2 Å². The molecule has 0 bridgehead atoms. The number of ether oxygens (including phenoxy) is 1. The zero-order valence-electron chi connectivity index (χ0n) is 12.2. The maximum Gasteiger partial charge on any atom is 0.126 e. The van der Waals surface area contributed by atoms with Crippen molar-refractivity contribution in [2.24, 2.45) is 5.41 Å². The van der Waals surface area contributed by atoms with Gasteiger partial charge < -0.3 is 10.1 Å². The fourth-order valence-corrected chi connectivity index (χ4v) is 4.03. The van der Waals surface area contributed by atoms with Gasteiger partial charge in [-0.1, -0.05) is 32.3 Å². The highest BCUT2D eigenvalue weighted by molar-refractivity contribution is 5.24.